The maximum atomic E-state index is 12.7. The van der Waals surface area contributed by atoms with Gasteiger partial charge in [0, 0.05) is 18.3 Å². The molecule has 1 heterocycles. The van der Waals surface area contributed by atoms with Crippen LogP contribution in [0.15, 0.2) is 24.3 Å². The largest absolute Gasteiger partial charge is 0.416 e. The molecule has 2 atom stereocenters. The quantitative estimate of drug-likeness (QED) is 0.836. The van der Waals surface area contributed by atoms with Crippen LogP contribution in [0.5, 0.6) is 0 Å². The lowest BCUT2D eigenvalue weighted by molar-refractivity contribution is -0.137. The minimum absolute atomic E-state index is 0.157. The number of hydrogen-bond donors (Lipinski definition) is 2. The fourth-order valence-corrected chi connectivity index (χ4v) is 3.78. The van der Waals surface area contributed by atoms with Crippen LogP contribution in [0.25, 0.3) is 0 Å². The Bertz CT molecular complexity index is 487. The Balaban J connectivity index is 1.80. The van der Waals surface area contributed by atoms with Crippen molar-refractivity contribution in [2.75, 3.05) is 18.1 Å². The highest BCUT2D eigenvalue weighted by molar-refractivity contribution is 7.99. The Morgan fingerprint density at radius 1 is 1.41 bits per heavy atom. The summed E-state index contributed by atoms with van der Waals surface area (Å²) in [4.78, 5) is 0. The summed E-state index contributed by atoms with van der Waals surface area (Å²) in [5.74, 6) is 1.73. The van der Waals surface area contributed by atoms with Gasteiger partial charge < -0.3 is 10.4 Å². The molecule has 0 bridgehead atoms. The van der Waals surface area contributed by atoms with E-state index in [1.165, 1.54) is 12.1 Å². The summed E-state index contributed by atoms with van der Waals surface area (Å²) in [5.41, 5.74) is -0.531. The second-order valence-corrected chi connectivity index (χ2v) is 7.15. The van der Waals surface area contributed by atoms with E-state index in [1.54, 1.807) is 17.8 Å². The lowest BCUT2D eigenvalue weighted by Crippen LogP contribution is -2.43. The van der Waals surface area contributed by atoms with E-state index in [9.17, 15) is 18.3 Å². The number of thioether (sulfide) groups is 1. The second kappa shape index (κ2) is 7.23. The van der Waals surface area contributed by atoms with Crippen molar-refractivity contribution in [1.29, 1.82) is 0 Å². The highest BCUT2D eigenvalue weighted by Crippen LogP contribution is 2.30. The zero-order chi connectivity index (χ0) is 16.2. The molecule has 1 aromatic rings. The van der Waals surface area contributed by atoms with E-state index in [0.717, 1.165) is 30.4 Å². The SMILES string of the molecule is CC(CCc1cccc(C(F)(F)F)c1)NCC1(O)CCSC1. The first-order chi connectivity index (χ1) is 10.3. The molecule has 2 N–H and O–H groups in total. The smallest absolute Gasteiger partial charge is 0.388 e. The van der Waals surface area contributed by atoms with Gasteiger partial charge in [-0.05, 0) is 43.6 Å². The lowest BCUT2D eigenvalue weighted by atomic mass is 10.0. The summed E-state index contributed by atoms with van der Waals surface area (Å²) < 4.78 is 38.0. The Labute approximate surface area is 133 Å². The number of benzene rings is 1. The van der Waals surface area contributed by atoms with Crippen LogP contribution in [0.1, 0.15) is 30.9 Å². The van der Waals surface area contributed by atoms with E-state index in [4.69, 9.17) is 0 Å². The summed E-state index contributed by atoms with van der Waals surface area (Å²) in [6, 6.07) is 5.65. The topological polar surface area (TPSA) is 32.3 Å². The van der Waals surface area contributed by atoms with Crippen molar-refractivity contribution in [2.24, 2.45) is 0 Å². The number of halogens is 3. The van der Waals surface area contributed by atoms with E-state index < -0.39 is 17.3 Å². The van der Waals surface area contributed by atoms with Crippen molar-refractivity contribution in [3.8, 4) is 0 Å². The normalized spacial score (nSPS) is 23.7. The molecule has 2 nitrogen and oxygen atoms in total. The predicted molar refractivity (Wildman–Crippen MR) is 84.1 cm³/mol. The van der Waals surface area contributed by atoms with Gasteiger partial charge in [-0.2, -0.15) is 24.9 Å². The highest BCUT2D eigenvalue weighted by atomic mass is 32.2. The molecule has 0 saturated carbocycles. The van der Waals surface area contributed by atoms with Crippen molar-refractivity contribution in [3.63, 3.8) is 0 Å². The number of nitrogens with one attached hydrogen (secondary N) is 1. The van der Waals surface area contributed by atoms with Crippen molar-refractivity contribution >= 4 is 11.8 Å². The molecule has 0 spiro atoms. The number of aliphatic hydroxyl groups is 1. The third kappa shape index (κ3) is 5.18. The van der Waals surface area contributed by atoms with Gasteiger partial charge in [-0.3, -0.25) is 0 Å². The summed E-state index contributed by atoms with van der Waals surface area (Å²) in [6.07, 6.45) is -2.16. The zero-order valence-corrected chi connectivity index (χ0v) is 13.4. The van der Waals surface area contributed by atoms with Crippen LogP contribution in [-0.2, 0) is 12.6 Å². The molecule has 2 unspecified atom stereocenters. The van der Waals surface area contributed by atoms with Crippen LogP contribution in [0.4, 0.5) is 13.2 Å². The molecule has 1 saturated heterocycles. The van der Waals surface area contributed by atoms with Gasteiger partial charge in [-0.15, -0.1) is 0 Å². The average Bonchev–Trinajstić information content (AvgIpc) is 2.90. The van der Waals surface area contributed by atoms with Crippen LogP contribution in [0, 0.1) is 0 Å². The third-order valence-corrected chi connectivity index (χ3v) is 5.22. The minimum Gasteiger partial charge on any atom is -0.388 e. The van der Waals surface area contributed by atoms with Gasteiger partial charge in [0.15, 0.2) is 0 Å². The molecule has 1 fully saturated rings. The van der Waals surface area contributed by atoms with Gasteiger partial charge in [0.25, 0.3) is 0 Å². The fraction of sp³-hybridized carbons (Fsp3) is 0.625. The number of hydrogen-bond acceptors (Lipinski definition) is 3. The molecule has 1 aliphatic rings. The lowest BCUT2D eigenvalue weighted by Gasteiger charge is -2.24. The Hall–Kier alpha value is -0.720. The van der Waals surface area contributed by atoms with E-state index in [-0.39, 0.29) is 6.04 Å². The van der Waals surface area contributed by atoms with Crippen LogP contribution in [-0.4, -0.2) is 34.8 Å². The maximum Gasteiger partial charge on any atom is 0.416 e. The fourth-order valence-electron chi connectivity index (χ4n) is 2.49. The van der Waals surface area contributed by atoms with Gasteiger partial charge in [0.1, 0.15) is 0 Å². The highest BCUT2D eigenvalue weighted by Gasteiger charge is 2.32. The van der Waals surface area contributed by atoms with Gasteiger partial charge in [0.2, 0.25) is 0 Å². The Kier molecular flexibility index (Phi) is 5.80. The maximum absolute atomic E-state index is 12.7. The number of alkyl halides is 3. The average molecular weight is 333 g/mol. The number of aryl methyl sites for hydroxylation is 1. The first-order valence-electron chi connectivity index (χ1n) is 7.48. The standard InChI is InChI=1S/C16H22F3NOS/c1-12(20-10-15(21)7-8-22-11-15)5-6-13-3-2-4-14(9-13)16(17,18)19/h2-4,9,12,20-21H,5-8,10-11H2,1H3. The third-order valence-electron chi connectivity index (χ3n) is 3.98. The van der Waals surface area contributed by atoms with Crippen molar-refractivity contribution < 1.29 is 18.3 Å². The molecule has 2 rings (SSSR count). The van der Waals surface area contributed by atoms with Crippen LogP contribution in [0.3, 0.4) is 0 Å². The molecule has 1 aliphatic heterocycles. The van der Waals surface area contributed by atoms with E-state index in [0.29, 0.717) is 18.5 Å². The van der Waals surface area contributed by atoms with Crippen molar-refractivity contribution in [3.05, 3.63) is 35.4 Å². The van der Waals surface area contributed by atoms with E-state index >= 15 is 0 Å². The van der Waals surface area contributed by atoms with Crippen LogP contribution < -0.4 is 5.32 Å². The molecule has 1 aromatic carbocycles. The van der Waals surface area contributed by atoms with Crippen LogP contribution >= 0.6 is 11.8 Å². The molecule has 0 aliphatic carbocycles. The summed E-state index contributed by atoms with van der Waals surface area (Å²) in [6.45, 7) is 2.54. The number of rotatable bonds is 6. The monoisotopic (exact) mass is 333 g/mol. The second-order valence-electron chi connectivity index (χ2n) is 6.05. The molecule has 0 aromatic heterocycles. The first-order valence-corrected chi connectivity index (χ1v) is 8.64. The molecule has 124 valence electrons. The molecule has 22 heavy (non-hydrogen) atoms. The minimum atomic E-state index is -4.29. The summed E-state index contributed by atoms with van der Waals surface area (Å²) >= 11 is 1.75. The molecule has 0 radical (unpaired) electrons. The zero-order valence-electron chi connectivity index (χ0n) is 12.6. The summed E-state index contributed by atoms with van der Waals surface area (Å²) in [7, 11) is 0. The molecular weight excluding hydrogens is 311 g/mol. The molecular formula is C16H22F3NOS. The van der Waals surface area contributed by atoms with Crippen molar-refractivity contribution in [1.82, 2.24) is 5.32 Å². The van der Waals surface area contributed by atoms with E-state index in [1.807, 2.05) is 6.92 Å². The van der Waals surface area contributed by atoms with Crippen LogP contribution in [0.2, 0.25) is 0 Å². The Morgan fingerprint density at radius 2 is 2.18 bits per heavy atom. The van der Waals surface area contributed by atoms with E-state index in [2.05, 4.69) is 5.32 Å². The summed E-state index contributed by atoms with van der Waals surface area (Å²) in [5, 5.41) is 13.5. The van der Waals surface area contributed by atoms with Gasteiger partial charge in [-0.25, -0.2) is 0 Å². The van der Waals surface area contributed by atoms with Gasteiger partial charge >= 0.3 is 6.18 Å². The first kappa shape index (κ1) is 17.6. The Morgan fingerprint density at radius 3 is 2.82 bits per heavy atom. The van der Waals surface area contributed by atoms with Gasteiger partial charge in [-0.1, -0.05) is 18.2 Å². The van der Waals surface area contributed by atoms with Gasteiger partial charge in [0.05, 0.1) is 11.2 Å². The predicted octanol–water partition coefficient (Wildman–Crippen LogP) is 3.48. The molecule has 6 heteroatoms. The molecule has 0 amide bonds. The van der Waals surface area contributed by atoms with Crippen molar-refractivity contribution in [2.45, 2.75) is 44.0 Å².